The molecule has 0 bridgehead atoms. The minimum Gasteiger partial charge on any atom is -0.321 e. The monoisotopic (exact) mass is 401 g/mol. The molecule has 0 unspecified atom stereocenters. The van der Waals surface area contributed by atoms with Crippen molar-refractivity contribution in [2.24, 2.45) is 7.05 Å². The third-order valence-electron chi connectivity index (χ3n) is 4.49. The van der Waals surface area contributed by atoms with Gasteiger partial charge in [-0.3, -0.25) is 15.1 Å². The summed E-state index contributed by atoms with van der Waals surface area (Å²) >= 11 is 0. The van der Waals surface area contributed by atoms with Gasteiger partial charge in [-0.25, -0.2) is 0 Å². The zero-order chi connectivity index (χ0) is 21.0. The largest absolute Gasteiger partial charge is 0.432 e. The first-order chi connectivity index (χ1) is 13.5. The Labute approximate surface area is 164 Å². The summed E-state index contributed by atoms with van der Waals surface area (Å²) in [5, 5.41) is 5.86. The molecule has 7 nitrogen and oxygen atoms in total. The highest BCUT2D eigenvalue weighted by molar-refractivity contribution is 5.65. The van der Waals surface area contributed by atoms with E-state index in [1.165, 1.54) is 0 Å². The van der Waals surface area contributed by atoms with Gasteiger partial charge < -0.3 is 9.13 Å². The summed E-state index contributed by atoms with van der Waals surface area (Å²) in [7, 11) is 1.78. The van der Waals surface area contributed by atoms with Crippen LogP contribution in [0.2, 0.25) is 0 Å². The summed E-state index contributed by atoms with van der Waals surface area (Å²) in [5.74, 6) is 0.468. The quantitative estimate of drug-likeness (QED) is 0.414. The van der Waals surface area contributed by atoms with E-state index in [9.17, 15) is 13.2 Å². The predicted octanol–water partition coefficient (Wildman–Crippen LogP) is 3.15. The second-order valence-corrected chi connectivity index (χ2v) is 7.71. The lowest BCUT2D eigenvalue weighted by Gasteiger charge is -2.21. The molecule has 4 heterocycles. The number of H-pyrrole nitrogens is 1. The van der Waals surface area contributed by atoms with E-state index in [0.29, 0.717) is 22.8 Å². The summed E-state index contributed by atoms with van der Waals surface area (Å²) in [6.07, 6.45) is 1.72. The molecule has 0 atom stereocenters. The number of halogens is 3. The van der Waals surface area contributed by atoms with Crippen LogP contribution in [0, 0.1) is 6.33 Å². The zero-order valence-corrected chi connectivity index (χ0v) is 16.2. The second kappa shape index (κ2) is 6.36. The third kappa shape index (κ3) is 3.45. The van der Waals surface area contributed by atoms with Gasteiger partial charge in [0.25, 0.3) is 0 Å². The number of rotatable bonds is 2. The van der Waals surface area contributed by atoms with Crippen LogP contribution in [0.4, 0.5) is 13.2 Å². The zero-order valence-electron chi connectivity index (χ0n) is 16.2. The molecule has 1 N–H and O–H groups in total. The maximum Gasteiger partial charge on any atom is 0.432 e. The van der Waals surface area contributed by atoms with E-state index in [-0.39, 0.29) is 11.1 Å². The smallest absolute Gasteiger partial charge is 0.321 e. The fourth-order valence-electron chi connectivity index (χ4n) is 2.92. The van der Waals surface area contributed by atoms with E-state index in [4.69, 9.17) is 0 Å². The minimum atomic E-state index is -4.51. The number of nitrogens with zero attached hydrogens (tertiary/aromatic N) is 6. The lowest BCUT2D eigenvalue weighted by Crippen LogP contribution is -2.27. The lowest BCUT2D eigenvalue weighted by molar-refractivity contribution is -0.651. The summed E-state index contributed by atoms with van der Waals surface area (Å²) in [6.45, 7) is 6.04. The number of hydrogen-bond donors (Lipinski definition) is 1. The highest BCUT2D eigenvalue weighted by atomic mass is 19.4. The molecule has 0 aliphatic rings. The van der Waals surface area contributed by atoms with Crippen LogP contribution in [-0.2, 0) is 18.6 Å². The number of fused-ring (bicyclic) bond motifs is 1. The maximum absolute atomic E-state index is 13.0. The van der Waals surface area contributed by atoms with E-state index in [0.717, 1.165) is 11.6 Å². The number of hydrogen-bond acceptors (Lipinski definition) is 4. The number of imidazole rings is 1. The number of pyridine rings is 1. The number of aromatic amines is 1. The topological polar surface area (TPSA) is 76.2 Å². The van der Waals surface area contributed by atoms with Gasteiger partial charge in [-0.1, -0.05) is 20.8 Å². The van der Waals surface area contributed by atoms with E-state index < -0.39 is 11.9 Å². The lowest BCUT2D eigenvalue weighted by atomic mass is 9.87. The van der Waals surface area contributed by atoms with Crippen molar-refractivity contribution in [3.63, 3.8) is 0 Å². The van der Waals surface area contributed by atoms with E-state index in [2.05, 4.69) is 26.4 Å². The normalized spacial score (nSPS) is 12.7. The Morgan fingerprint density at radius 3 is 2.41 bits per heavy atom. The van der Waals surface area contributed by atoms with E-state index in [1.54, 1.807) is 34.6 Å². The highest BCUT2D eigenvalue weighted by Crippen LogP contribution is 2.32. The Kier molecular flexibility index (Phi) is 4.18. The summed E-state index contributed by atoms with van der Waals surface area (Å²) in [6, 6.07) is 4.57. The summed E-state index contributed by atoms with van der Waals surface area (Å²) < 4.78 is 42.3. The molecule has 0 aromatic carbocycles. The molecule has 0 aliphatic carbocycles. The van der Waals surface area contributed by atoms with Crippen LogP contribution in [0.5, 0.6) is 0 Å². The van der Waals surface area contributed by atoms with Crippen molar-refractivity contribution in [1.82, 2.24) is 29.7 Å². The highest BCUT2D eigenvalue weighted by Gasteiger charge is 2.33. The molecular weight excluding hydrogens is 383 g/mol. The van der Waals surface area contributed by atoms with Crippen LogP contribution < -0.4 is 4.57 Å². The SMILES string of the molecule is C[n+]1[c-]n(-c2cc(C(C)(C)C)cc(-c3cc(C(F)(F)F)[nH]n3)n2)c2nccnc21. The fourth-order valence-corrected chi connectivity index (χ4v) is 2.92. The summed E-state index contributed by atoms with van der Waals surface area (Å²) in [5.41, 5.74) is 1.27. The standard InChI is InChI=1S/C19H18F3N7/c1-18(2,3)11-7-12(13-9-14(27-26-13)19(20,21)22)25-15(8-11)29-10-28(4)16-17(29)24-6-5-23-16/h5-9H,1-4H3,(H,26,27). The van der Waals surface area contributed by atoms with Crippen LogP contribution in [0.3, 0.4) is 0 Å². The fraction of sp³-hybridized carbons (Fsp3) is 0.316. The van der Waals surface area contributed by atoms with E-state index in [1.807, 2.05) is 31.9 Å². The van der Waals surface area contributed by atoms with Gasteiger partial charge in [0.15, 0.2) is 6.33 Å². The van der Waals surface area contributed by atoms with Crippen molar-refractivity contribution >= 4 is 11.3 Å². The van der Waals surface area contributed by atoms with Gasteiger partial charge in [0.05, 0.1) is 11.9 Å². The summed E-state index contributed by atoms with van der Waals surface area (Å²) in [4.78, 5) is 13.2. The Balaban J connectivity index is 1.93. The van der Waals surface area contributed by atoms with Gasteiger partial charge in [-0.05, 0) is 29.2 Å². The molecule has 4 rings (SSSR count). The van der Waals surface area contributed by atoms with Crippen molar-refractivity contribution in [3.8, 4) is 17.2 Å². The van der Waals surface area contributed by atoms with Gasteiger partial charge in [0, 0.05) is 7.05 Å². The number of nitrogens with one attached hydrogen (secondary N) is 1. The predicted molar refractivity (Wildman–Crippen MR) is 98.0 cm³/mol. The van der Waals surface area contributed by atoms with Gasteiger partial charge in [0.1, 0.15) is 29.0 Å². The number of aryl methyl sites for hydroxylation is 1. The second-order valence-electron chi connectivity index (χ2n) is 7.71. The van der Waals surface area contributed by atoms with Crippen LogP contribution in [0.15, 0.2) is 30.6 Å². The van der Waals surface area contributed by atoms with Crippen LogP contribution in [-0.4, -0.2) is 29.7 Å². The molecule has 0 aliphatic heterocycles. The van der Waals surface area contributed by atoms with E-state index >= 15 is 0 Å². The Bertz CT molecular complexity index is 1200. The van der Waals surface area contributed by atoms with Gasteiger partial charge >= 0.3 is 6.18 Å². The number of alkyl halides is 3. The molecule has 0 radical (unpaired) electrons. The van der Waals surface area contributed by atoms with Crippen molar-refractivity contribution in [2.75, 3.05) is 0 Å². The Hall–Kier alpha value is -3.30. The molecule has 0 fully saturated rings. The van der Waals surface area contributed by atoms with Crippen molar-refractivity contribution in [1.29, 1.82) is 0 Å². The molecule has 0 spiro atoms. The maximum atomic E-state index is 13.0. The minimum absolute atomic E-state index is 0.108. The van der Waals surface area contributed by atoms with Crippen molar-refractivity contribution in [3.05, 3.63) is 48.2 Å². The Morgan fingerprint density at radius 1 is 1.03 bits per heavy atom. The van der Waals surface area contributed by atoms with Gasteiger partial charge in [-0.2, -0.15) is 23.3 Å². The van der Waals surface area contributed by atoms with Crippen molar-refractivity contribution < 1.29 is 17.7 Å². The first-order valence-electron chi connectivity index (χ1n) is 8.81. The molecule has 4 aromatic rings. The average molecular weight is 401 g/mol. The van der Waals surface area contributed by atoms with Crippen LogP contribution >= 0.6 is 0 Å². The van der Waals surface area contributed by atoms with Crippen LogP contribution in [0.25, 0.3) is 28.5 Å². The average Bonchev–Trinajstić information content (AvgIpc) is 3.26. The molecule has 4 aromatic heterocycles. The first-order valence-corrected chi connectivity index (χ1v) is 8.81. The van der Waals surface area contributed by atoms with Gasteiger partial charge in [0.2, 0.25) is 5.65 Å². The molecule has 29 heavy (non-hydrogen) atoms. The van der Waals surface area contributed by atoms with Crippen molar-refractivity contribution in [2.45, 2.75) is 32.4 Å². The molecule has 10 heteroatoms. The molecular formula is C19H18F3N7. The molecule has 0 amide bonds. The first kappa shape index (κ1) is 19.0. The van der Waals surface area contributed by atoms with Gasteiger partial charge in [-0.15, -0.1) is 0 Å². The molecule has 150 valence electrons. The number of aromatic nitrogens is 7. The van der Waals surface area contributed by atoms with Crippen LogP contribution in [0.1, 0.15) is 32.0 Å². The Morgan fingerprint density at radius 2 is 1.76 bits per heavy atom. The molecule has 0 saturated heterocycles. The molecule has 0 saturated carbocycles. The third-order valence-corrected chi connectivity index (χ3v) is 4.49.